The van der Waals surface area contributed by atoms with Crippen LogP contribution in [0.1, 0.15) is 15.9 Å². The van der Waals surface area contributed by atoms with Crippen molar-refractivity contribution < 1.29 is 4.79 Å². The second-order valence-electron chi connectivity index (χ2n) is 5.11. The number of nitrogens with one attached hydrogen (secondary N) is 1. The second-order valence-corrected chi connectivity index (χ2v) is 5.52. The molecule has 2 aromatic carbocycles. The molecule has 0 fully saturated rings. The van der Waals surface area contributed by atoms with Crippen LogP contribution in [0.25, 0.3) is 0 Å². The number of anilines is 3. The number of nitrogens with zero attached hydrogens (tertiary/aromatic N) is 1. The number of hydrogen-bond acceptors (Lipinski definition) is 3. The number of rotatable bonds is 3. The highest BCUT2D eigenvalue weighted by molar-refractivity contribution is 6.34. The Hall–Kier alpha value is -2.20. The van der Waals surface area contributed by atoms with Crippen molar-refractivity contribution in [1.82, 2.24) is 0 Å². The first-order valence-corrected chi connectivity index (χ1v) is 6.90. The van der Waals surface area contributed by atoms with Crippen molar-refractivity contribution in [3.8, 4) is 0 Å². The Balaban J connectivity index is 2.31. The molecule has 4 nitrogen and oxygen atoms in total. The lowest BCUT2D eigenvalue weighted by molar-refractivity contribution is 0.102. The lowest BCUT2D eigenvalue weighted by Crippen LogP contribution is -2.15. The topological polar surface area (TPSA) is 58.4 Å². The molecule has 0 heterocycles. The molecule has 1 amide bonds. The first-order chi connectivity index (χ1) is 9.88. The van der Waals surface area contributed by atoms with Crippen LogP contribution in [-0.2, 0) is 0 Å². The molecule has 2 aromatic rings. The number of benzene rings is 2. The zero-order valence-electron chi connectivity index (χ0n) is 12.3. The molecule has 0 aliphatic heterocycles. The van der Waals surface area contributed by atoms with Gasteiger partial charge in [-0.2, -0.15) is 0 Å². The van der Waals surface area contributed by atoms with Crippen molar-refractivity contribution in [2.24, 2.45) is 0 Å². The predicted molar refractivity (Wildman–Crippen MR) is 89.3 cm³/mol. The smallest absolute Gasteiger partial charge is 0.255 e. The molecule has 0 saturated heterocycles. The van der Waals surface area contributed by atoms with Crippen LogP contribution in [0.4, 0.5) is 17.1 Å². The van der Waals surface area contributed by atoms with Crippen molar-refractivity contribution in [2.45, 2.75) is 6.92 Å². The summed E-state index contributed by atoms with van der Waals surface area (Å²) in [6.45, 7) is 1.94. The second kappa shape index (κ2) is 6.06. The number of halogens is 1. The van der Waals surface area contributed by atoms with Gasteiger partial charge in [-0.05, 0) is 31.2 Å². The van der Waals surface area contributed by atoms with Crippen molar-refractivity contribution in [1.29, 1.82) is 0 Å². The third-order valence-corrected chi connectivity index (χ3v) is 3.44. The maximum atomic E-state index is 12.3. The highest BCUT2D eigenvalue weighted by Crippen LogP contribution is 2.32. The molecule has 21 heavy (non-hydrogen) atoms. The maximum absolute atomic E-state index is 12.3. The van der Waals surface area contributed by atoms with Gasteiger partial charge in [-0.3, -0.25) is 4.79 Å². The van der Waals surface area contributed by atoms with E-state index in [0.717, 1.165) is 11.3 Å². The molecule has 0 bridgehead atoms. The molecule has 3 N–H and O–H groups in total. The quantitative estimate of drug-likeness (QED) is 0.853. The average Bonchev–Trinajstić information content (AvgIpc) is 2.41. The molecule has 0 radical (unpaired) electrons. The molecule has 0 aliphatic carbocycles. The summed E-state index contributed by atoms with van der Waals surface area (Å²) < 4.78 is 0. The van der Waals surface area contributed by atoms with Crippen LogP contribution >= 0.6 is 11.6 Å². The van der Waals surface area contributed by atoms with Crippen LogP contribution in [0.5, 0.6) is 0 Å². The van der Waals surface area contributed by atoms with Crippen molar-refractivity contribution >= 4 is 34.6 Å². The number of carbonyl (C=O) groups excluding carboxylic acids is 1. The summed E-state index contributed by atoms with van der Waals surface area (Å²) >= 11 is 6.16. The van der Waals surface area contributed by atoms with E-state index in [1.165, 1.54) is 0 Å². The van der Waals surface area contributed by atoms with E-state index in [9.17, 15) is 4.79 Å². The highest BCUT2D eigenvalue weighted by Gasteiger charge is 2.12. The van der Waals surface area contributed by atoms with E-state index in [1.54, 1.807) is 18.2 Å². The summed E-state index contributed by atoms with van der Waals surface area (Å²) in [5.41, 5.74) is 9.45. The van der Waals surface area contributed by atoms with E-state index in [2.05, 4.69) is 5.32 Å². The van der Waals surface area contributed by atoms with Gasteiger partial charge in [0, 0.05) is 19.7 Å². The van der Waals surface area contributed by atoms with Gasteiger partial charge in [-0.1, -0.05) is 29.3 Å². The summed E-state index contributed by atoms with van der Waals surface area (Å²) in [5.74, 6) is -0.199. The third kappa shape index (κ3) is 3.47. The standard InChI is InChI=1S/C16H18ClN3O/c1-10-5-4-6-11(7-10)16(21)19-14-9-15(20(2)3)13(18)8-12(14)17/h4-9H,18H2,1-3H3,(H,19,21). The lowest BCUT2D eigenvalue weighted by Gasteiger charge is -2.18. The summed E-state index contributed by atoms with van der Waals surface area (Å²) in [4.78, 5) is 14.1. The Morgan fingerprint density at radius 2 is 1.95 bits per heavy atom. The molecule has 0 atom stereocenters. The molecular weight excluding hydrogens is 286 g/mol. The minimum absolute atomic E-state index is 0.199. The minimum Gasteiger partial charge on any atom is -0.397 e. The maximum Gasteiger partial charge on any atom is 0.255 e. The summed E-state index contributed by atoms with van der Waals surface area (Å²) in [6, 6.07) is 10.8. The molecule has 0 saturated carbocycles. The Bertz CT molecular complexity index is 683. The number of amides is 1. The van der Waals surface area contributed by atoms with E-state index in [-0.39, 0.29) is 5.91 Å². The zero-order valence-corrected chi connectivity index (χ0v) is 13.0. The van der Waals surface area contributed by atoms with Crippen LogP contribution in [0.15, 0.2) is 36.4 Å². The SMILES string of the molecule is Cc1cccc(C(=O)Nc2cc(N(C)C)c(N)cc2Cl)c1. The van der Waals surface area contributed by atoms with Crippen molar-refractivity contribution in [3.63, 3.8) is 0 Å². The number of carbonyl (C=O) groups is 1. The van der Waals surface area contributed by atoms with E-state index in [1.807, 2.05) is 44.1 Å². The van der Waals surface area contributed by atoms with Crippen LogP contribution < -0.4 is 16.0 Å². The predicted octanol–water partition coefficient (Wildman–Crippen LogP) is 3.55. The van der Waals surface area contributed by atoms with E-state index in [4.69, 9.17) is 17.3 Å². The fourth-order valence-electron chi connectivity index (χ4n) is 2.04. The fourth-order valence-corrected chi connectivity index (χ4v) is 2.26. The Labute approximate surface area is 129 Å². The molecule has 110 valence electrons. The minimum atomic E-state index is -0.199. The Morgan fingerprint density at radius 1 is 1.24 bits per heavy atom. The van der Waals surface area contributed by atoms with Crippen LogP contribution in [0.2, 0.25) is 5.02 Å². The fraction of sp³-hybridized carbons (Fsp3) is 0.188. The van der Waals surface area contributed by atoms with Crippen LogP contribution in [0, 0.1) is 6.92 Å². The van der Waals surface area contributed by atoms with Gasteiger partial charge in [0.25, 0.3) is 5.91 Å². The third-order valence-electron chi connectivity index (χ3n) is 3.13. The van der Waals surface area contributed by atoms with Gasteiger partial charge >= 0.3 is 0 Å². The molecule has 0 aromatic heterocycles. The Kier molecular flexibility index (Phi) is 4.38. The molecule has 0 unspecified atom stereocenters. The van der Waals surface area contributed by atoms with Crippen molar-refractivity contribution in [2.75, 3.05) is 30.0 Å². The lowest BCUT2D eigenvalue weighted by atomic mass is 10.1. The van der Waals surface area contributed by atoms with Gasteiger partial charge in [0.15, 0.2) is 0 Å². The van der Waals surface area contributed by atoms with Gasteiger partial charge in [0.1, 0.15) is 0 Å². The van der Waals surface area contributed by atoms with Crippen LogP contribution in [-0.4, -0.2) is 20.0 Å². The zero-order chi connectivity index (χ0) is 15.6. The first kappa shape index (κ1) is 15.2. The van der Waals surface area contributed by atoms with E-state index < -0.39 is 0 Å². The number of nitrogen functional groups attached to an aromatic ring is 1. The monoisotopic (exact) mass is 303 g/mol. The van der Waals surface area contributed by atoms with Gasteiger partial charge in [-0.15, -0.1) is 0 Å². The molecule has 0 aliphatic rings. The van der Waals surface area contributed by atoms with Gasteiger partial charge in [-0.25, -0.2) is 0 Å². The largest absolute Gasteiger partial charge is 0.397 e. The molecule has 0 spiro atoms. The van der Waals surface area contributed by atoms with Gasteiger partial charge in [0.2, 0.25) is 0 Å². The van der Waals surface area contributed by atoms with Crippen molar-refractivity contribution in [3.05, 3.63) is 52.5 Å². The van der Waals surface area contributed by atoms with Gasteiger partial charge in [0.05, 0.1) is 22.1 Å². The number of hydrogen-bond donors (Lipinski definition) is 2. The summed E-state index contributed by atoms with van der Waals surface area (Å²) in [6.07, 6.45) is 0. The molecule has 2 rings (SSSR count). The highest BCUT2D eigenvalue weighted by atomic mass is 35.5. The average molecular weight is 304 g/mol. The molecular formula is C16H18ClN3O. The molecule has 5 heteroatoms. The number of nitrogens with two attached hydrogens (primary N) is 1. The van der Waals surface area contributed by atoms with Gasteiger partial charge < -0.3 is 16.0 Å². The summed E-state index contributed by atoms with van der Waals surface area (Å²) in [7, 11) is 3.76. The normalized spacial score (nSPS) is 10.3. The van der Waals surface area contributed by atoms with E-state index in [0.29, 0.717) is 22.0 Å². The summed E-state index contributed by atoms with van der Waals surface area (Å²) in [5, 5.41) is 3.24. The number of aryl methyl sites for hydroxylation is 1. The first-order valence-electron chi connectivity index (χ1n) is 6.53. The van der Waals surface area contributed by atoms with E-state index >= 15 is 0 Å². The Morgan fingerprint density at radius 3 is 2.57 bits per heavy atom. The van der Waals surface area contributed by atoms with Crippen LogP contribution in [0.3, 0.4) is 0 Å².